The Labute approximate surface area is 127 Å². The SMILES string of the molecule is CC[C@H](OC(=O)CC1CC1)[C@@H](O)c1ccccc1I. The van der Waals surface area contributed by atoms with Crippen molar-refractivity contribution in [1.29, 1.82) is 0 Å². The summed E-state index contributed by atoms with van der Waals surface area (Å²) in [5.41, 5.74) is 0.828. The van der Waals surface area contributed by atoms with E-state index in [1.165, 1.54) is 0 Å². The Morgan fingerprint density at radius 2 is 2.16 bits per heavy atom. The van der Waals surface area contributed by atoms with E-state index in [1.54, 1.807) is 0 Å². The Morgan fingerprint density at radius 3 is 2.74 bits per heavy atom. The first-order valence-electron chi connectivity index (χ1n) is 6.73. The smallest absolute Gasteiger partial charge is 0.306 e. The summed E-state index contributed by atoms with van der Waals surface area (Å²) in [4.78, 5) is 11.7. The van der Waals surface area contributed by atoms with Gasteiger partial charge in [0.25, 0.3) is 0 Å². The predicted molar refractivity (Wildman–Crippen MR) is 81.6 cm³/mol. The molecular weight excluding hydrogens is 355 g/mol. The zero-order valence-corrected chi connectivity index (χ0v) is 13.2. The van der Waals surface area contributed by atoms with Gasteiger partial charge >= 0.3 is 5.97 Å². The van der Waals surface area contributed by atoms with Gasteiger partial charge in [-0.3, -0.25) is 4.79 Å². The molecule has 2 atom stereocenters. The van der Waals surface area contributed by atoms with Crippen LogP contribution in [0.2, 0.25) is 0 Å². The first kappa shape index (κ1) is 14.8. The van der Waals surface area contributed by atoms with Gasteiger partial charge in [-0.15, -0.1) is 0 Å². The monoisotopic (exact) mass is 374 g/mol. The summed E-state index contributed by atoms with van der Waals surface area (Å²) in [6.07, 6.45) is 2.16. The van der Waals surface area contributed by atoms with Crippen LogP contribution in [0.3, 0.4) is 0 Å². The minimum Gasteiger partial charge on any atom is -0.459 e. The summed E-state index contributed by atoms with van der Waals surface area (Å²) >= 11 is 2.19. The lowest BCUT2D eigenvalue weighted by atomic mass is 10.0. The molecule has 0 bridgehead atoms. The highest BCUT2D eigenvalue weighted by atomic mass is 127. The predicted octanol–water partition coefficient (Wildman–Crippen LogP) is 3.45. The van der Waals surface area contributed by atoms with E-state index in [0.717, 1.165) is 22.0 Å². The molecule has 2 rings (SSSR count). The van der Waals surface area contributed by atoms with Crippen molar-refractivity contribution in [1.82, 2.24) is 0 Å². The van der Waals surface area contributed by atoms with Crippen LogP contribution < -0.4 is 0 Å². The molecule has 1 aromatic carbocycles. The fourth-order valence-corrected chi connectivity index (χ4v) is 2.77. The molecule has 1 fully saturated rings. The van der Waals surface area contributed by atoms with Crippen molar-refractivity contribution in [3.05, 3.63) is 33.4 Å². The van der Waals surface area contributed by atoms with Crippen LogP contribution in [0.15, 0.2) is 24.3 Å². The van der Waals surface area contributed by atoms with E-state index in [9.17, 15) is 9.90 Å². The highest BCUT2D eigenvalue weighted by molar-refractivity contribution is 14.1. The maximum atomic E-state index is 11.7. The third-order valence-corrected chi connectivity index (χ3v) is 4.40. The minimum atomic E-state index is -0.749. The average molecular weight is 374 g/mol. The van der Waals surface area contributed by atoms with Gasteiger partial charge in [0.2, 0.25) is 0 Å². The largest absolute Gasteiger partial charge is 0.459 e. The van der Waals surface area contributed by atoms with Crippen LogP contribution in [0.4, 0.5) is 0 Å². The van der Waals surface area contributed by atoms with Gasteiger partial charge in [0.15, 0.2) is 0 Å². The zero-order chi connectivity index (χ0) is 13.8. The second kappa shape index (κ2) is 6.70. The van der Waals surface area contributed by atoms with Crippen LogP contribution in [0.1, 0.15) is 44.3 Å². The van der Waals surface area contributed by atoms with E-state index in [1.807, 2.05) is 31.2 Å². The highest BCUT2D eigenvalue weighted by Crippen LogP contribution is 2.33. The number of carbonyl (C=O) groups excluding carboxylic acids is 1. The number of benzene rings is 1. The van der Waals surface area contributed by atoms with Gasteiger partial charge in [-0.25, -0.2) is 0 Å². The molecule has 0 saturated heterocycles. The van der Waals surface area contributed by atoms with Crippen molar-refractivity contribution in [2.24, 2.45) is 5.92 Å². The number of rotatable bonds is 6. The third kappa shape index (κ3) is 4.18. The van der Waals surface area contributed by atoms with E-state index >= 15 is 0 Å². The Bertz CT molecular complexity index is 443. The molecule has 3 nitrogen and oxygen atoms in total. The fraction of sp³-hybridized carbons (Fsp3) is 0.533. The van der Waals surface area contributed by atoms with E-state index < -0.39 is 12.2 Å². The van der Waals surface area contributed by atoms with Gasteiger partial charge in [0.05, 0.1) is 0 Å². The number of aliphatic hydroxyl groups excluding tert-OH is 1. The maximum absolute atomic E-state index is 11.7. The second-order valence-corrected chi connectivity index (χ2v) is 6.21. The van der Waals surface area contributed by atoms with Crippen molar-refractivity contribution in [2.75, 3.05) is 0 Å². The molecule has 1 aromatic rings. The molecule has 0 heterocycles. The lowest BCUT2D eigenvalue weighted by Crippen LogP contribution is -2.25. The second-order valence-electron chi connectivity index (χ2n) is 5.05. The number of ether oxygens (including phenoxy) is 1. The van der Waals surface area contributed by atoms with Gasteiger partial charge in [-0.05, 0) is 59.4 Å². The zero-order valence-electron chi connectivity index (χ0n) is 11.0. The Hall–Kier alpha value is -0.620. The van der Waals surface area contributed by atoms with Crippen molar-refractivity contribution < 1.29 is 14.6 Å². The topological polar surface area (TPSA) is 46.5 Å². The molecule has 0 unspecified atom stereocenters. The lowest BCUT2D eigenvalue weighted by molar-refractivity contribution is -0.156. The molecule has 1 saturated carbocycles. The number of hydrogen-bond acceptors (Lipinski definition) is 3. The molecule has 1 N–H and O–H groups in total. The van der Waals surface area contributed by atoms with Gasteiger partial charge in [0.1, 0.15) is 12.2 Å². The van der Waals surface area contributed by atoms with Gasteiger partial charge in [-0.2, -0.15) is 0 Å². The molecule has 0 spiro atoms. The highest BCUT2D eigenvalue weighted by Gasteiger charge is 2.29. The van der Waals surface area contributed by atoms with Crippen molar-refractivity contribution in [3.63, 3.8) is 0 Å². The van der Waals surface area contributed by atoms with Gasteiger partial charge in [0, 0.05) is 9.99 Å². The van der Waals surface area contributed by atoms with Crippen LogP contribution in [-0.2, 0) is 9.53 Å². The quantitative estimate of drug-likeness (QED) is 0.613. The molecule has 1 aliphatic carbocycles. The lowest BCUT2D eigenvalue weighted by Gasteiger charge is -2.23. The van der Waals surface area contributed by atoms with Crippen LogP contribution >= 0.6 is 22.6 Å². The normalized spacial score (nSPS) is 17.8. The minimum absolute atomic E-state index is 0.181. The number of aliphatic hydroxyl groups is 1. The summed E-state index contributed by atoms with van der Waals surface area (Å²) in [7, 11) is 0. The number of esters is 1. The standard InChI is InChI=1S/C15H19IO3/c1-2-13(19-14(17)9-10-7-8-10)15(18)11-5-3-4-6-12(11)16/h3-6,10,13,15,18H,2,7-9H2,1H3/t13-,15-/m0/s1. The first-order chi connectivity index (χ1) is 9.11. The maximum Gasteiger partial charge on any atom is 0.306 e. The Balaban J connectivity index is 1.99. The Kier molecular flexibility index (Phi) is 5.21. The molecular formula is C15H19IO3. The van der Waals surface area contributed by atoms with E-state index in [4.69, 9.17) is 4.74 Å². The third-order valence-electron chi connectivity index (χ3n) is 3.41. The molecule has 0 aliphatic heterocycles. The van der Waals surface area contributed by atoms with E-state index in [0.29, 0.717) is 18.8 Å². The molecule has 104 valence electrons. The molecule has 1 aliphatic rings. The van der Waals surface area contributed by atoms with Crippen molar-refractivity contribution in [2.45, 2.75) is 44.8 Å². The van der Waals surface area contributed by atoms with E-state index in [2.05, 4.69) is 22.6 Å². The van der Waals surface area contributed by atoms with Crippen LogP contribution in [0.5, 0.6) is 0 Å². The molecule has 19 heavy (non-hydrogen) atoms. The van der Waals surface area contributed by atoms with Crippen LogP contribution in [0, 0.1) is 9.49 Å². The Morgan fingerprint density at radius 1 is 1.47 bits per heavy atom. The van der Waals surface area contributed by atoms with E-state index in [-0.39, 0.29) is 5.97 Å². The number of hydrogen-bond donors (Lipinski definition) is 1. The van der Waals surface area contributed by atoms with Crippen LogP contribution in [-0.4, -0.2) is 17.2 Å². The summed E-state index contributed by atoms with van der Waals surface area (Å²) in [5, 5.41) is 10.4. The summed E-state index contributed by atoms with van der Waals surface area (Å²) in [6, 6.07) is 7.64. The molecule has 0 amide bonds. The van der Waals surface area contributed by atoms with Crippen LogP contribution in [0.25, 0.3) is 0 Å². The molecule has 0 radical (unpaired) electrons. The van der Waals surface area contributed by atoms with Gasteiger partial charge in [-0.1, -0.05) is 25.1 Å². The average Bonchev–Trinajstić information content (AvgIpc) is 3.19. The van der Waals surface area contributed by atoms with Crippen molar-refractivity contribution in [3.8, 4) is 0 Å². The first-order valence-corrected chi connectivity index (χ1v) is 7.81. The summed E-state index contributed by atoms with van der Waals surface area (Å²) in [5.74, 6) is 0.332. The number of halogens is 1. The molecule has 0 aromatic heterocycles. The summed E-state index contributed by atoms with van der Waals surface area (Å²) < 4.78 is 6.42. The summed E-state index contributed by atoms with van der Waals surface area (Å²) in [6.45, 7) is 1.92. The fourth-order valence-electron chi connectivity index (χ4n) is 2.06. The van der Waals surface area contributed by atoms with Crippen molar-refractivity contribution >= 4 is 28.6 Å². The van der Waals surface area contributed by atoms with Gasteiger partial charge < -0.3 is 9.84 Å². The molecule has 4 heteroatoms. The number of carbonyl (C=O) groups is 1.